The molecule has 1 spiro atoms. The van der Waals surface area contributed by atoms with Gasteiger partial charge in [-0.15, -0.1) is 0 Å². The molecule has 3 heterocycles. The Morgan fingerprint density at radius 3 is 2.75 bits per heavy atom. The van der Waals surface area contributed by atoms with E-state index < -0.39 is 0 Å². The van der Waals surface area contributed by atoms with Crippen LogP contribution in [0, 0.1) is 0 Å². The van der Waals surface area contributed by atoms with Gasteiger partial charge in [-0.25, -0.2) is 0 Å². The van der Waals surface area contributed by atoms with E-state index in [0.717, 1.165) is 36.2 Å². The summed E-state index contributed by atoms with van der Waals surface area (Å²) in [7, 11) is 0. The third-order valence-electron chi connectivity index (χ3n) is 5.14. The van der Waals surface area contributed by atoms with Crippen LogP contribution in [0.3, 0.4) is 0 Å². The number of fused-ring (bicyclic) bond motifs is 1. The van der Waals surface area contributed by atoms with Crippen molar-refractivity contribution in [3.63, 3.8) is 0 Å². The number of aromatic nitrogens is 2. The van der Waals surface area contributed by atoms with Crippen LogP contribution in [0.1, 0.15) is 13.4 Å². The van der Waals surface area contributed by atoms with Gasteiger partial charge in [-0.2, -0.15) is 5.10 Å². The third kappa shape index (κ3) is 2.18. The highest BCUT2D eigenvalue weighted by molar-refractivity contribution is 5.66. The highest BCUT2D eigenvalue weighted by atomic mass is 15.2. The van der Waals surface area contributed by atoms with E-state index in [2.05, 4.69) is 68.9 Å². The Hall–Kier alpha value is -2.75. The number of aromatic amines is 1. The fourth-order valence-corrected chi connectivity index (χ4v) is 3.88. The molecule has 5 rings (SSSR count). The second-order valence-electron chi connectivity index (χ2n) is 6.72. The number of hydrogen-bond donors (Lipinski definition) is 2. The second-order valence-corrected chi connectivity index (χ2v) is 6.72. The molecule has 2 aromatic carbocycles. The van der Waals surface area contributed by atoms with Crippen molar-refractivity contribution in [2.45, 2.75) is 18.4 Å². The molecule has 0 amide bonds. The quantitative estimate of drug-likeness (QED) is 0.757. The van der Waals surface area contributed by atoms with E-state index in [1.807, 2.05) is 12.4 Å². The van der Waals surface area contributed by atoms with Crippen LogP contribution >= 0.6 is 0 Å². The summed E-state index contributed by atoms with van der Waals surface area (Å²) in [4.78, 5) is 2.21. The predicted molar refractivity (Wildman–Crippen MR) is 97.4 cm³/mol. The number of nitrogens with one attached hydrogen (secondary N) is 2. The maximum atomic E-state index is 8.89. The van der Waals surface area contributed by atoms with Gasteiger partial charge in [0.2, 0.25) is 0 Å². The molecule has 2 unspecified atom stereocenters. The third-order valence-corrected chi connectivity index (χ3v) is 5.14. The van der Waals surface area contributed by atoms with Crippen molar-refractivity contribution in [3.05, 3.63) is 66.5 Å². The van der Waals surface area contributed by atoms with Gasteiger partial charge in [0.15, 0.2) is 0 Å². The molecule has 3 aromatic rings. The average molecular weight is 317 g/mol. The van der Waals surface area contributed by atoms with Gasteiger partial charge in [-0.1, -0.05) is 30.3 Å². The topological polar surface area (TPSA) is 44.0 Å². The normalized spacial score (nSPS) is 25.6. The first-order valence-corrected chi connectivity index (χ1v) is 8.39. The Morgan fingerprint density at radius 1 is 1.08 bits per heavy atom. The molecule has 2 aliphatic rings. The largest absolute Gasteiger partial charge is 0.377 e. The number of hydrogen-bond acceptors (Lipinski definition) is 3. The Morgan fingerprint density at radius 2 is 1.96 bits per heavy atom. The molecule has 0 aliphatic carbocycles. The Bertz CT molecular complexity index is 863. The summed E-state index contributed by atoms with van der Waals surface area (Å²) >= 11 is 0. The molecule has 1 saturated heterocycles. The van der Waals surface area contributed by atoms with Crippen LogP contribution in [0.4, 0.5) is 11.4 Å². The van der Waals surface area contributed by atoms with Gasteiger partial charge in [0.05, 0.1) is 13.1 Å². The summed E-state index contributed by atoms with van der Waals surface area (Å²) in [6.07, 6.45) is 5.64. The maximum Gasteiger partial charge on any atom is 0.0606 e. The van der Waals surface area contributed by atoms with Crippen molar-refractivity contribution in [1.82, 2.24) is 10.2 Å². The summed E-state index contributed by atoms with van der Waals surface area (Å²) in [5, 5.41) is 10.5. The van der Waals surface area contributed by atoms with E-state index in [1.54, 1.807) is 0 Å². The standard InChI is InChI=1S/C20H20N4/c1-2-4-19-16(3-1)11-20(23-19)9-10-24(14-20)18-7-5-15(6-8-18)17-12-21-22-13-17/h1-8,12-13,23H,9-11,14H2,(H,21,22)/i14D. The van der Waals surface area contributed by atoms with Crippen molar-refractivity contribution in [3.8, 4) is 11.1 Å². The Balaban J connectivity index is 1.40. The van der Waals surface area contributed by atoms with Crippen LogP contribution in [-0.4, -0.2) is 28.8 Å². The van der Waals surface area contributed by atoms with Crippen LogP contribution in [0.25, 0.3) is 11.1 Å². The molecule has 1 aromatic heterocycles. The van der Waals surface area contributed by atoms with E-state index in [0.29, 0.717) is 0 Å². The predicted octanol–water partition coefficient (Wildman–Crippen LogP) is 3.69. The molecule has 2 atom stereocenters. The van der Waals surface area contributed by atoms with E-state index in [1.165, 1.54) is 11.3 Å². The van der Waals surface area contributed by atoms with Gasteiger partial charge in [0.25, 0.3) is 0 Å². The van der Waals surface area contributed by atoms with Crippen molar-refractivity contribution in [2.24, 2.45) is 0 Å². The molecule has 0 saturated carbocycles. The molecule has 120 valence electrons. The fraction of sp³-hybridized carbons (Fsp3) is 0.250. The summed E-state index contributed by atoms with van der Waals surface area (Å²) in [6, 6.07) is 16.9. The number of H-pyrrole nitrogens is 1. The fourth-order valence-electron chi connectivity index (χ4n) is 3.88. The van der Waals surface area contributed by atoms with E-state index in [-0.39, 0.29) is 12.1 Å². The molecule has 1 fully saturated rings. The lowest BCUT2D eigenvalue weighted by Crippen LogP contribution is -2.39. The summed E-state index contributed by atoms with van der Waals surface area (Å²) in [6.45, 7) is 0.611. The highest BCUT2D eigenvalue weighted by Crippen LogP contribution is 2.39. The number of rotatable bonds is 2. The molecule has 2 aliphatic heterocycles. The number of anilines is 2. The number of benzene rings is 2. The first kappa shape index (κ1) is 12.6. The lowest BCUT2D eigenvalue weighted by Gasteiger charge is -2.26. The van der Waals surface area contributed by atoms with E-state index in [9.17, 15) is 0 Å². The van der Waals surface area contributed by atoms with Crippen molar-refractivity contribution in [2.75, 3.05) is 23.3 Å². The van der Waals surface area contributed by atoms with Crippen molar-refractivity contribution >= 4 is 11.4 Å². The number of para-hydroxylation sites is 1. The van der Waals surface area contributed by atoms with Gasteiger partial charge < -0.3 is 10.2 Å². The van der Waals surface area contributed by atoms with Crippen LogP contribution in [0.2, 0.25) is 0 Å². The second kappa shape index (κ2) is 5.13. The molecule has 0 radical (unpaired) electrons. The summed E-state index contributed by atoms with van der Waals surface area (Å²) in [5.41, 5.74) is 5.68. The van der Waals surface area contributed by atoms with Gasteiger partial charge in [0, 0.05) is 36.2 Å². The minimum absolute atomic E-state index is 0.174. The Labute approximate surface area is 142 Å². The summed E-state index contributed by atoms with van der Waals surface area (Å²) < 4.78 is 8.89. The smallest absolute Gasteiger partial charge is 0.0606 e. The zero-order valence-corrected chi connectivity index (χ0v) is 13.4. The molecule has 2 N–H and O–H groups in total. The molecule has 0 bridgehead atoms. The number of nitrogens with zero attached hydrogens (tertiary/aromatic N) is 2. The maximum absolute atomic E-state index is 8.89. The van der Waals surface area contributed by atoms with E-state index in [4.69, 9.17) is 1.37 Å². The van der Waals surface area contributed by atoms with E-state index >= 15 is 0 Å². The van der Waals surface area contributed by atoms with Crippen LogP contribution < -0.4 is 10.2 Å². The molecule has 24 heavy (non-hydrogen) atoms. The first-order chi connectivity index (χ1) is 12.3. The minimum Gasteiger partial charge on any atom is -0.377 e. The molecular formula is C20H20N4. The van der Waals surface area contributed by atoms with Crippen LogP contribution in [-0.2, 0) is 6.42 Å². The zero-order chi connectivity index (χ0) is 16.9. The van der Waals surface area contributed by atoms with Gasteiger partial charge in [0.1, 0.15) is 0 Å². The van der Waals surface area contributed by atoms with Gasteiger partial charge >= 0.3 is 0 Å². The van der Waals surface area contributed by atoms with Crippen molar-refractivity contribution < 1.29 is 1.37 Å². The minimum atomic E-state index is -0.292. The highest BCUT2D eigenvalue weighted by Gasteiger charge is 2.42. The molecule has 4 heteroatoms. The van der Waals surface area contributed by atoms with Gasteiger partial charge in [-0.05, 0) is 42.2 Å². The van der Waals surface area contributed by atoms with Crippen LogP contribution in [0.15, 0.2) is 60.9 Å². The Kier molecular flexibility index (Phi) is 2.70. The lowest BCUT2D eigenvalue weighted by molar-refractivity contribution is 0.539. The summed E-state index contributed by atoms with van der Waals surface area (Å²) in [5.74, 6) is 0. The van der Waals surface area contributed by atoms with Crippen molar-refractivity contribution in [1.29, 1.82) is 0 Å². The lowest BCUT2D eigenvalue weighted by atomic mass is 9.94. The SMILES string of the molecule is [2H]C1N(c2ccc(-c3cn[nH]c3)cc2)CCC12Cc1ccccc1N2. The molecule has 4 nitrogen and oxygen atoms in total. The zero-order valence-electron chi connectivity index (χ0n) is 14.4. The van der Waals surface area contributed by atoms with Crippen LogP contribution in [0.5, 0.6) is 0 Å². The average Bonchev–Trinajstić information content (AvgIpc) is 3.36. The first-order valence-electron chi connectivity index (χ1n) is 8.97. The molecular weight excluding hydrogens is 296 g/mol. The monoisotopic (exact) mass is 317 g/mol. The van der Waals surface area contributed by atoms with Gasteiger partial charge in [-0.3, -0.25) is 5.10 Å².